The molecule has 2 N–H and O–H groups in total. The van der Waals surface area contributed by atoms with Gasteiger partial charge in [0.25, 0.3) is 5.91 Å². The van der Waals surface area contributed by atoms with Crippen LogP contribution in [0.15, 0.2) is 42.6 Å². The van der Waals surface area contributed by atoms with Gasteiger partial charge in [-0.25, -0.2) is 9.37 Å². The maximum Gasteiger partial charge on any atom is 0.269 e. The van der Waals surface area contributed by atoms with E-state index >= 15 is 0 Å². The molecule has 2 rings (SSSR count). The van der Waals surface area contributed by atoms with Crippen molar-refractivity contribution in [2.45, 2.75) is 32.7 Å². The molecule has 0 saturated carbocycles. The molecule has 0 bridgehead atoms. The molecule has 0 aliphatic rings. The van der Waals surface area contributed by atoms with Gasteiger partial charge in [-0.05, 0) is 24.6 Å². The van der Waals surface area contributed by atoms with Crippen LogP contribution >= 0.6 is 0 Å². The molecule has 0 spiro atoms. The molecule has 1 heterocycles. The number of pyridine rings is 1. The number of rotatable bonds is 8. The van der Waals surface area contributed by atoms with Crippen LogP contribution in [0.3, 0.4) is 0 Å². The Kier molecular flexibility index (Phi) is 6.54. The summed E-state index contributed by atoms with van der Waals surface area (Å²) in [6.07, 6.45) is 4.79. The van der Waals surface area contributed by atoms with Gasteiger partial charge in [-0.1, -0.05) is 38.0 Å². The van der Waals surface area contributed by atoms with Crippen LogP contribution in [0.5, 0.6) is 0 Å². The van der Waals surface area contributed by atoms with Crippen LogP contribution in [-0.2, 0) is 6.54 Å². The van der Waals surface area contributed by atoms with Gasteiger partial charge in [0.15, 0.2) is 0 Å². The van der Waals surface area contributed by atoms with Crippen molar-refractivity contribution in [3.05, 3.63) is 59.7 Å². The second-order valence-electron chi connectivity index (χ2n) is 5.34. The van der Waals surface area contributed by atoms with Crippen molar-refractivity contribution in [2.24, 2.45) is 0 Å². The minimum atomic E-state index is -0.240. The van der Waals surface area contributed by atoms with Gasteiger partial charge in [-0.15, -0.1) is 0 Å². The summed E-state index contributed by atoms with van der Waals surface area (Å²) in [6.45, 7) is 3.16. The third-order valence-corrected chi connectivity index (χ3v) is 3.50. The number of amides is 1. The molecular formula is C18H22FN3O. The fourth-order valence-corrected chi connectivity index (χ4v) is 2.14. The maximum atomic E-state index is 13.5. The van der Waals surface area contributed by atoms with E-state index in [0.29, 0.717) is 24.3 Å². The molecule has 122 valence electrons. The van der Waals surface area contributed by atoms with E-state index in [9.17, 15) is 9.18 Å². The van der Waals surface area contributed by atoms with Crippen molar-refractivity contribution in [3.63, 3.8) is 0 Å². The van der Waals surface area contributed by atoms with Gasteiger partial charge in [0.2, 0.25) is 0 Å². The molecule has 1 aromatic carbocycles. The molecule has 0 fully saturated rings. The summed E-state index contributed by atoms with van der Waals surface area (Å²) in [5.74, 6) is -0.405. The van der Waals surface area contributed by atoms with Crippen molar-refractivity contribution < 1.29 is 9.18 Å². The molecule has 0 radical (unpaired) electrons. The Labute approximate surface area is 136 Å². The molecule has 1 aromatic heterocycles. The Morgan fingerprint density at radius 3 is 2.70 bits per heavy atom. The van der Waals surface area contributed by atoms with E-state index in [0.717, 1.165) is 24.9 Å². The molecule has 2 aromatic rings. The summed E-state index contributed by atoms with van der Waals surface area (Å²) in [7, 11) is 0. The molecule has 23 heavy (non-hydrogen) atoms. The van der Waals surface area contributed by atoms with Crippen molar-refractivity contribution in [1.29, 1.82) is 0 Å². The van der Waals surface area contributed by atoms with Crippen molar-refractivity contribution in [1.82, 2.24) is 10.3 Å². The van der Waals surface area contributed by atoms with E-state index in [2.05, 4.69) is 22.5 Å². The molecule has 1 amide bonds. The first-order valence-electron chi connectivity index (χ1n) is 7.92. The lowest BCUT2D eigenvalue weighted by molar-refractivity contribution is 0.0948. The summed E-state index contributed by atoms with van der Waals surface area (Å²) in [4.78, 5) is 16.0. The molecule has 0 unspecified atom stereocenters. The van der Waals surface area contributed by atoms with Crippen molar-refractivity contribution in [2.75, 3.05) is 11.9 Å². The largest absolute Gasteiger partial charge is 0.380 e. The smallest absolute Gasteiger partial charge is 0.269 e. The zero-order valence-electron chi connectivity index (χ0n) is 13.3. The number of nitrogens with zero attached hydrogens (tertiary/aromatic N) is 1. The first kappa shape index (κ1) is 16.9. The summed E-state index contributed by atoms with van der Waals surface area (Å²) in [6, 6.07) is 10.1. The number of hydrogen-bond donors (Lipinski definition) is 2. The highest BCUT2D eigenvalue weighted by Gasteiger charge is 2.06. The lowest BCUT2D eigenvalue weighted by Crippen LogP contribution is -2.25. The number of aromatic nitrogens is 1. The molecule has 0 aliphatic carbocycles. The highest BCUT2D eigenvalue weighted by Crippen LogP contribution is 2.11. The van der Waals surface area contributed by atoms with Gasteiger partial charge in [0.05, 0.1) is 11.9 Å². The zero-order valence-corrected chi connectivity index (χ0v) is 13.3. The third kappa shape index (κ3) is 5.36. The number of carbonyl (C=O) groups is 1. The predicted molar refractivity (Wildman–Crippen MR) is 89.8 cm³/mol. The molecule has 5 heteroatoms. The van der Waals surface area contributed by atoms with Gasteiger partial charge >= 0.3 is 0 Å². The third-order valence-electron chi connectivity index (χ3n) is 3.50. The first-order valence-corrected chi connectivity index (χ1v) is 7.92. The second kappa shape index (κ2) is 8.88. The summed E-state index contributed by atoms with van der Waals surface area (Å²) in [5, 5.41) is 5.94. The van der Waals surface area contributed by atoms with Crippen molar-refractivity contribution in [3.8, 4) is 0 Å². The van der Waals surface area contributed by atoms with Crippen LogP contribution < -0.4 is 10.6 Å². The predicted octanol–water partition coefficient (Wildman–Crippen LogP) is 3.75. The quantitative estimate of drug-likeness (QED) is 0.729. The van der Waals surface area contributed by atoms with Crippen LogP contribution in [0.1, 0.15) is 42.2 Å². The first-order chi connectivity index (χ1) is 11.2. The fraction of sp³-hybridized carbons (Fsp3) is 0.333. The number of hydrogen-bond acceptors (Lipinski definition) is 3. The van der Waals surface area contributed by atoms with Crippen LogP contribution in [0, 0.1) is 5.82 Å². The number of benzene rings is 1. The van der Waals surface area contributed by atoms with Crippen LogP contribution in [0.2, 0.25) is 0 Å². The fourth-order valence-electron chi connectivity index (χ4n) is 2.14. The van der Waals surface area contributed by atoms with E-state index in [-0.39, 0.29) is 11.7 Å². The van der Waals surface area contributed by atoms with E-state index < -0.39 is 0 Å². The maximum absolute atomic E-state index is 13.5. The number of nitrogens with one attached hydrogen (secondary N) is 2. The lowest BCUT2D eigenvalue weighted by Gasteiger charge is -2.08. The minimum Gasteiger partial charge on any atom is -0.380 e. The average molecular weight is 315 g/mol. The molecular weight excluding hydrogens is 293 g/mol. The van der Waals surface area contributed by atoms with E-state index in [1.54, 1.807) is 36.5 Å². The SMILES string of the molecule is CCCCCNC(=O)c1ccc(NCc2ccccc2F)cn1. The van der Waals surface area contributed by atoms with E-state index in [1.165, 1.54) is 6.07 Å². The normalized spacial score (nSPS) is 10.3. The van der Waals surface area contributed by atoms with Crippen molar-refractivity contribution >= 4 is 11.6 Å². The second-order valence-corrected chi connectivity index (χ2v) is 5.34. The van der Waals surface area contributed by atoms with Gasteiger partial charge in [0, 0.05) is 18.7 Å². The number of halogens is 1. The van der Waals surface area contributed by atoms with Crippen LogP contribution in [-0.4, -0.2) is 17.4 Å². The van der Waals surface area contributed by atoms with E-state index in [4.69, 9.17) is 0 Å². The van der Waals surface area contributed by atoms with Gasteiger partial charge in [0.1, 0.15) is 11.5 Å². The monoisotopic (exact) mass is 315 g/mol. The lowest BCUT2D eigenvalue weighted by atomic mass is 10.2. The number of anilines is 1. The Hall–Kier alpha value is -2.43. The molecule has 0 atom stereocenters. The van der Waals surface area contributed by atoms with Gasteiger partial charge in [-0.2, -0.15) is 0 Å². The standard InChI is InChI=1S/C18H22FN3O/c1-2-3-6-11-20-18(23)17-10-9-15(13-22-17)21-12-14-7-4-5-8-16(14)19/h4-5,7-10,13,21H,2-3,6,11-12H2,1H3,(H,20,23). The van der Waals surface area contributed by atoms with Crippen LogP contribution in [0.4, 0.5) is 10.1 Å². The molecule has 4 nitrogen and oxygen atoms in total. The molecule has 0 aliphatic heterocycles. The Bertz CT molecular complexity index is 628. The highest BCUT2D eigenvalue weighted by atomic mass is 19.1. The van der Waals surface area contributed by atoms with Gasteiger partial charge in [-0.3, -0.25) is 4.79 Å². The zero-order chi connectivity index (χ0) is 16.5. The molecule has 0 saturated heterocycles. The summed E-state index contributed by atoms with van der Waals surface area (Å²) in [5.41, 5.74) is 1.72. The topological polar surface area (TPSA) is 54.0 Å². The summed E-state index contributed by atoms with van der Waals surface area (Å²) >= 11 is 0. The Morgan fingerprint density at radius 1 is 1.17 bits per heavy atom. The van der Waals surface area contributed by atoms with Crippen LogP contribution in [0.25, 0.3) is 0 Å². The van der Waals surface area contributed by atoms with E-state index in [1.807, 2.05) is 0 Å². The summed E-state index contributed by atoms with van der Waals surface area (Å²) < 4.78 is 13.5. The Morgan fingerprint density at radius 2 is 2.00 bits per heavy atom. The van der Waals surface area contributed by atoms with Gasteiger partial charge < -0.3 is 10.6 Å². The minimum absolute atomic E-state index is 0.165. The Balaban J connectivity index is 1.84. The number of carbonyl (C=O) groups excluding carboxylic acids is 1. The average Bonchev–Trinajstić information content (AvgIpc) is 2.58. The number of unbranched alkanes of at least 4 members (excludes halogenated alkanes) is 2. The highest BCUT2D eigenvalue weighted by molar-refractivity contribution is 5.92.